The van der Waals surface area contributed by atoms with Crippen LogP contribution >= 0.6 is 22.9 Å². The second-order valence-electron chi connectivity index (χ2n) is 6.89. The molecule has 8 heteroatoms. The summed E-state index contributed by atoms with van der Waals surface area (Å²) in [6.07, 6.45) is 1.58. The maximum absolute atomic E-state index is 13.4. The molecule has 0 spiro atoms. The van der Waals surface area contributed by atoms with Gasteiger partial charge in [-0.1, -0.05) is 41.1 Å². The minimum atomic E-state index is -0.905. The fourth-order valence-electron chi connectivity index (χ4n) is 3.57. The van der Waals surface area contributed by atoms with Gasteiger partial charge in [-0.25, -0.2) is 4.98 Å². The first kappa shape index (κ1) is 19.4. The molecule has 1 aliphatic rings. The Balaban J connectivity index is 1.67. The highest BCUT2D eigenvalue weighted by molar-refractivity contribution is 7.22. The van der Waals surface area contributed by atoms with Crippen molar-refractivity contribution in [3.05, 3.63) is 101 Å². The van der Waals surface area contributed by atoms with Gasteiger partial charge in [0.1, 0.15) is 6.04 Å². The third-order valence-corrected chi connectivity index (χ3v) is 6.30. The van der Waals surface area contributed by atoms with Crippen LogP contribution in [0.3, 0.4) is 0 Å². The topological polar surface area (TPSA) is 83.4 Å². The lowest BCUT2D eigenvalue weighted by Crippen LogP contribution is -2.31. The van der Waals surface area contributed by atoms with Crippen molar-refractivity contribution < 1.29 is 14.7 Å². The van der Waals surface area contributed by atoms with Crippen LogP contribution in [-0.4, -0.2) is 26.8 Å². The van der Waals surface area contributed by atoms with Crippen molar-refractivity contribution in [2.24, 2.45) is 0 Å². The van der Waals surface area contributed by atoms with E-state index in [-0.39, 0.29) is 5.57 Å². The number of para-hydroxylation sites is 1. The number of carbonyl (C=O) groups is 2. The number of rotatable bonds is 4. The van der Waals surface area contributed by atoms with Crippen LogP contribution in [0.1, 0.15) is 22.1 Å². The number of ketones is 1. The highest BCUT2D eigenvalue weighted by Crippen LogP contribution is 2.43. The molecule has 4 aromatic rings. The zero-order chi connectivity index (χ0) is 21.5. The van der Waals surface area contributed by atoms with Crippen LogP contribution in [0.2, 0.25) is 5.02 Å². The van der Waals surface area contributed by atoms with Gasteiger partial charge in [0.15, 0.2) is 16.7 Å². The van der Waals surface area contributed by atoms with Crippen LogP contribution in [-0.2, 0) is 4.79 Å². The summed E-state index contributed by atoms with van der Waals surface area (Å²) in [5.74, 6) is -1.76. The number of anilines is 1. The largest absolute Gasteiger partial charge is 0.503 e. The summed E-state index contributed by atoms with van der Waals surface area (Å²) in [6, 6.07) is 18.1. The average molecular weight is 448 g/mol. The van der Waals surface area contributed by atoms with Crippen LogP contribution < -0.4 is 4.90 Å². The van der Waals surface area contributed by atoms with E-state index in [1.807, 2.05) is 24.3 Å². The van der Waals surface area contributed by atoms with E-state index < -0.39 is 23.5 Å². The number of hydrogen-bond donors (Lipinski definition) is 1. The first-order valence-electron chi connectivity index (χ1n) is 9.38. The standard InChI is InChI=1S/C23H14ClN3O3S/c24-14-10-8-13(9-11-14)20(28)18-19(16-6-3-4-12-25-16)27(22(30)21(18)29)23-26-15-5-1-2-7-17(15)31-23/h1-12,19,29H. The lowest BCUT2D eigenvalue weighted by molar-refractivity contribution is -0.117. The highest BCUT2D eigenvalue weighted by atomic mass is 35.5. The second-order valence-corrected chi connectivity index (χ2v) is 8.34. The number of halogens is 1. The number of thiazole rings is 1. The highest BCUT2D eigenvalue weighted by Gasteiger charge is 2.46. The van der Waals surface area contributed by atoms with E-state index in [2.05, 4.69) is 9.97 Å². The fraction of sp³-hybridized carbons (Fsp3) is 0.0435. The Bertz CT molecular complexity index is 1320. The molecule has 0 saturated heterocycles. The number of aliphatic hydroxyl groups is 1. The Morgan fingerprint density at radius 1 is 1.03 bits per heavy atom. The molecule has 1 amide bonds. The molecular formula is C23H14ClN3O3S. The summed E-state index contributed by atoms with van der Waals surface area (Å²) in [4.78, 5) is 36.8. The molecule has 0 saturated carbocycles. The van der Waals surface area contributed by atoms with Crippen molar-refractivity contribution in [3.63, 3.8) is 0 Å². The van der Waals surface area contributed by atoms with Gasteiger partial charge in [0.2, 0.25) is 0 Å². The molecule has 0 bridgehead atoms. The van der Waals surface area contributed by atoms with E-state index in [9.17, 15) is 14.7 Å². The summed E-state index contributed by atoms with van der Waals surface area (Å²) in [6.45, 7) is 0. The summed E-state index contributed by atoms with van der Waals surface area (Å²) in [7, 11) is 0. The van der Waals surface area contributed by atoms with Crippen LogP contribution in [0.15, 0.2) is 84.3 Å². The summed E-state index contributed by atoms with van der Waals surface area (Å²) < 4.78 is 0.891. The van der Waals surface area contributed by atoms with Crippen LogP contribution in [0, 0.1) is 0 Å². The van der Waals surface area contributed by atoms with Crippen LogP contribution in [0.25, 0.3) is 10.2 Å². The number of benzene rings is 2. The predicted molar refractivity (Wildman–Crippen MR) is 120 cm³/mol. The number of aromatic nitrogens is 2. The van der Waals surface area contributed by atoms with Gasteiger partial charge in [-0.05, 0) is 48.5 Å². The van der Waals surface area contributed by atoms with Gasteiger partial charge in [0.25, 0.3) is 5.91 Å². The zero-order valence-electron chi connectivity index (χ0n) is 15.9. The van der Waals surface area contributed by atoms with Crippen LogP contribution in [0.4, 0.5) is 5.13 Å². The van der Waals surface area contributed by atoms with E-state index in [4.69, 9.17) is 11.6 Å². The average Bonchev–Trinajstić information content (AvgIpc) is 3.33. The molecule has 1 atom stereocenters. The van der Waals surface area contributed by atoms with Gasteiger partial charge in [0.05, 0.1) is 21.5 Å². The molecule has 2 aromatic carbocycles. The summed E-state index contributed by atoms with van der Waals surface area (Å²) in [5.41, 5.74) is 1.46. The molecule has 152 valence electrons. The molecule has 1 unspecified atom stereocenters. The Morgan fingerprint density at radius 3 is 2.48 bits per heavy atom. The monoisotopic (exact) mass is 447 g/mol. The Labute approximate surface area is 186 Å². The molecule has 3 heterocycles. The minimum Gasteiger partial charge on any atom is -0.503 e. The Kier molecular flexibility index (Phi) is 4.77. The summed E-state index contributed by atoms with van der Waals surface area (Å²) in [5, 5.41) is 11.6. The van der Waals surface area contributed by atoms with E-state index in [1.165, 1.54) is 16.2 Å². The van der Waals surface area contributed by atoms with Gasteiger partial charge < -0.3 is 5.11 Å². The van der Waals surface area contributed by atoms with E-state index in [0.29, 0.717) is 21.4 Å². The van der Waals surface area contributed by atoms with Crippen molar-refractivity contribution in [1.29, 1.82) is 0 Å². The number of fused-ring (bicyclic) bond motifs is 1. The third-order valence-electron chi connectivity index (χ3n) is 5.02. The molecule has 6 nitrogen and oxygen atoms in total. The Hall–Kier alpha value is -3.55. The van der Waals surface area contributed by atoms with Crippen LogP contribution in [0.5, 0.6) is 0 Å². The number of aliphatic hydroxyl groups excluding tert-OH is 1. The third kappa shape index (κ3) is 3.28. The van der Waals surface area contributed by atoms with Crippen molar-refractivity contribution in [3.8, 4) is 0 Å². The number of Topliss-reactive ketones (excluding diaryl/α,β-unsaturated/α-hetero) is 1. The normalized spacial score (nSPS) is 16.4. The molecule has 31 heavy (non-hydrogen) atoms. The maximum Gasteiger partial charge on any atom is 0.296 e. The lowest BCUT2D eigenvalue weighted by atomic mass is 9.95. The molecule has 1 N–H and O–H groups in total. The molecule has 0 fully saturated rings. The molecule has 2 aromatic heterocycles. The maximum atomic E-state index is 13.4. The van der Waals surface area contributed by atoms with Gasteiger partial charge >= 0.3 is 0 Å². The van der Waals surface area contributed by atoms with Crippen molar-refractivity contribution in [2.75, 3.05) is 4.90 Å². The molecule has 0 radical (unpaired) electrons. The fourth-order valence-corrected chi connectivity index (χ4v) is 4.69. The number of amides is 1. The van der Waals surface area contributed by atoms with Crippen molar-refractivity contribution in [2.45, 2.75) is 6.04 Å². The SMILES string of the molecule is O=C(C1=C(O)C(=O)N(c2nc3ccccc3s2)C1c1ccccn1)c1ccc(Cl)cc1. The van der Waals surface area contributed by atoms with Crippen molar-refractivity contribution >= 4 is 50.0 Å². The quantitative estimate of drug-likeness (QED) is 0.438. The second kappa shape index (κ2) is 7.61. The van der Waals surface area contributed by atoms with Gasteiger partial charge in [0, 0.05) is 16.8 Å². The van der Waals surface area contributed by atoms with E-state index in [1.54, 1.807) is 48.7 Å². The van der Waals surface area contributed by atoms with Gasteiger partial charge in [-0.3, -0.25) is 19.5 Å². The van der Waals surface area contributed by atoms with Crippen molar-refractivity contribution in [1.82, 2.24) is 9.97 Å². The van der Waals surface area contributed by atoms with Gasteiger partial charge in [-0.2, -0.15) is 0 Å². The molecule has 1 aliphatic heterocycles. The Morgan fingerprint density at radius 2 is 1.77 bits per heavy atom. The molecular weight excluding hydrogens is 434 g/mol. The lowest BCUT2D eigenvalue weighted by Gasteiger charge is -2.23. The molecule has 0 aliphatic carbocycles. The van der Waals surface area contributed by atoms with Gasteiger partial charge in [-0.15, -0.1) is 0 Å². The number of nitrogens with zero attached hydrogens (tertiary/aromatic N) is 3. The first-order chi connectivity index (χ1) is 15.0. The van der Waals surface area contributed by atoms with E-state index >= 15 is 0 Å². The zero-order valence-corrected chi connectivity index (χ0v) is 17.5. The first-order valence-corrected chi connectivity index (χ1v) is 10.6. The smallest absolute Gasteiger partial charge is 0.296 e. The predicted octanol–water partition coefficient (Wildman–Crippen LogP) is 5.13. The number of carbonyl (C=O) groups excluding carboxylic acids is 2. The van der Waals surface area contributed by atoms with E-state index in [0.717, 1.165) is 10.2 Å². The number of hydrogen-bond acceptors (Lipinski definition) is 6. The minimum absolute atomic E-state index is 0.0368. The summed E-state index contributed by atoms with van der Waals surface area (Å²) >= 11 is 7.25. The molecule has 5 rings (SSSR count). The number of pyridine rings is 1.